The lowest BCUT2D eigenvalue weighted by Gasteiger charge is -2.28. The Morgan fingerprint density at radius 2 is 1.33 bits per heavy atom. The van der Waals surface area contributed by atoms with Crippen molar-refractivity contribution < 1.29 is 0 Å². The molecule has 4 rings (SSSR count). The average Bonchev–Trinajstić information content (AvgIpc) is 3.03. The molecule has 3 aromatic carbocycles. The van der Waals surface area contributed by atoms with E-state index in [-0.39, 0.29) is 6.04 Å². The largest absolute Gasteiger partial charge is 0.300 e. The van der Waals surface area contributed by atoms with Crippen LogP contribution in [0.5, 0.6) is 0 Å². The number of aryl methyl sites for hydroxylation is 1. The summed E-state index contributed by atoms with van der Waals surface area (Å²) in [7, 11) is 2.12. The molecule has 5 heteroatoms. The summed E-state index contributed by atoms with van der Waals surface area (Å²) < 4.78 is 4.76. The molecule has 0 fully saturated rings. The van der Waals surface area contributed by atoms with Crippen molar-refractivity contribution in [2.75, 3.05) is 7.05 Å². The molecule has 4 aromatic rings. The standard InChI is InChI=1S/C25H26N4S/c1-20-26-29(25(30)28(20)18-21-12-6-3-7-13-21)19-27(2)24(22-14-8-4-9-15-22)23-16-10-5-11-17-23/h3-17,24H,18-19H2,1-2H3. The lowest BCUT2D eigenvalue weighted by atomic mass is 9.98. The molecular formula is C25H26N4S. The minimum Gasteiger partial charge on any atom is -0.300 e. The Bertz CT molecular complexity index is 1090. The minimum absolute atomic E-state index is 0.119. The second kappa shape index (κ2) is 9.20. The Labute approximate surface area is 183 Å². The molecule has 0 radical (unpaired) electrons. The van der Waals surface area contributed by atoms with Gasteiger partial charge in [0.15, 0.2) is 4.77 Å². The van der Waals surface area contributed by atoms with Crippen molar-refractivity contribution in [2.45, 2.75) is 26.2 Å². The summed E-state index contributed by atoms with van der Waals surface area (Å²) in [6.45, 7) is 3.35. The zero-order chi connectivity index (χ0) is 20.9. The Hall–Kier alpha value is -3.02. The molecule has 0 saturated carbocycles. The van der Waals surface area contributed by atoms with Gasteiger partial charge in [0.1, 0.15) is 5.82 Å². The van der Waals surface area contributed by atoms with Crippen molar-refractivity contribution >= 4 is 12.2 Å². The molecule has 0 aliphatic rings. The van der Waals surface area contributed by atoms with Gasteiger partial charge >= 0.3 is 0 Å². The number of hydrogen-bond acceptors (Lipinski definition) is 3. The van der Waals surface area contributed by atoms with Crippen LogP contribution in [0.4, 0.5) is 0 Å². The van der Waals surface area contributed by atoms with Crippen LogP contribution in [-0.4, -0.2) is 26.3 Å². The first kappa shape index (κ1) is 20.3. The number of benzene rings is 3. The fourth-order valence-electron chi connectivity index (χ4n) is 3.85. The van der Waals surface area contributed by atoms with Crippen LogP contribution < -0.4 is 0 Å². The summed E-state index contributed by atoms with van der Waals surface area (Å²) >= 11 is 5.79. The van der Waals surface area contributed by atoms with Gasteiger partial charge in [-0.25, -0.2) is 4.68 Å². The van der Waals surface area contributed by atoms with Gasteiger partial charge in [0, 0.05) is 0 Å². The Balaban J connectivity index is 1.62. The molecule has 0 bridgehead atoms. The molecule has 0 unspecified atom stereocenters. The first-order valence-electron chi connectivity index (χ1n) is 10.1. The molecule has 0 aliphatic heterocycles. The van der Waals surface area contributed by atoms with Crippen LogP contribution in [0.15, 0.2) is 91.0 Å². The number of aromatic nitrogens is 3. The highest BCUT2D eigenvalue weighted by atomic mass is 32.1. The molecule has 152 valence electrons. The monoisotopic (exact) mass is 414 g/mol. The number of hydrogen-bond donors (Lipinski definition) is 0. The number of rotatable bonds is 7. The van der Waals surface area contributed by atoms with Crippen LogP contribution in [-0.2, 0) is 13.2 Å². The van der Waals surface area contributed by atoms with E-state index in [1.165, 1.54) is 16.7 Å². The van der Waals surface area contributed by atoms with E-state index in [9.17, 15) is 0 Å². The zero-order valence-corrected chi connectivity index (χ0v) is 18.2. The SMILES string of the molecule is Cc1nn(CN(C)C(c2ccccc2)c2ccccc2)c(=S)n1Cc1ccccc1. The van der Waals surface area contributed by atoms with E-state index in [1.807, 2.05) is 17.7 Å². The maximum absolute atomic E-state index is 5.79. The highest BCUT2D eigenvalue weighted by Gasteiger charge is 2.20. The first-order chi connectivity index (χ1) is 14.6. The van der Waals surface area contributed by atoms with Crippen molar-refractivity contribution in [3.8, 4) is 0 Å². The predicted molar refractivity (Wildman–Crippen MR) is 124 cm³/mol. The zero-order valence-electron chi connectivity index (χ0n) is 17.3. The average molecular weight is 415 g/mol. The fraction of sp³-hybridized carbons (Fsp3) is 0.200. The van der Waals surface area contributed by atoms with Crippen molar-refractivity contribution in [1.82, 2.24) is 19.2 Å². The summed E-state index contributed by atoms with van der Waals surface area (Å²) in [5, 5.41) is 4.75. The van der Waals surface area contributed by atoms with Gasteiger partial charge in [-0.3, -0.25) is 9.47 Å². The summed E-state index contributed by atoms with van der Waals surface area (Å²) in [5.74, 6) is 0.924. The fourth-order valence-corrected chi connectivity index (χ4v) is 4.15. The third kappa shape index (κ3) is 4.42. The molecule has 0 aliphatic carbocycles. The van der Waals surface area contributed by atoms with Crippen LogP contribution in [0.2, 0.25) is 0 Å². The normalized spacial score (nSPS) is 11.3. The van der Waals surface area contributed by atoms with Gasteiger partial charge < -0.3 is 0 Å². The van der Waals surface area contributed by atoms with Crippen molar-refractivity contribution in [2.24, 2.45) is 0 Å². The van der Waals surface area contributed by atoms with E-state index in [4.69, 9.17) is 17.3 Å². The molecule has 0 N–H and O–H groups in total. The van der Waals surface area contributed by atoms with Gasteiger partial charge in [-0.15, -0.1) is 0 Å². The van der Waals surface area contributed by atoms with Gasteiger partial charge in [-0.2, -0.15) is 5.10 Å². The quantitative estimate of drug-likeness (QED) is 0.376. The lowest BCUT2D eigenvalue weighted by molar-refractivity contribution is 0.207. The second-order valence-corrected chi connectivity index (χ2v) is 7.89. The third-order valence-corrected chi connectivity index (χ3v) is 5.75. The predicted octanol–water partition coefficient (Wildman–Crippen LogP) is 5.45. The molecule has 1 heterocycles. The summed E-state index contributed by atoms with van der Waals surface area (Å²) in [6, 6.07) is 31.6. The molecule has 4 nitrogen and oxygen atoms in total. The maximum atomic E-state index is 5.79. The van der Waals surface area contributed by atoms with Gasteiger partial charge in [0.2, 0.25) is 0 Å². The molecule has 0 saturated heterocycles. The molecule has 0 spiro atoms. The summed E-state index contributed by atoms with van der Waals surface area (Å²) in [6.07, 6.45) is 0. The van der Waals surface area contributed by atoms with Crippen LogP contribution in [0.3, 0.4) is 0 Å². The third-order valence-electron chi connectivity index (χ3n) is 5.32. The van der Waals surface area contributed by atoms with Crippen molar-refractivity contribution in [1.29, 1.82) is 0 Å². The van der Waals surface area contributed by atoms with Crippen molar-refractivity contribution in [3.05, 3.63) is 118 Å². The Morgan fingerprint density at radius 1 is 0.833 bits per heavy atom. The summed E-state index contributed by atoms with van der Waals surface area (Å²) in [5.41, 5.74) is 3.72. The molecule has 0 atom stereocenters. The van der Waals surface area contributed by atoms with Gasteiger partial charge in [0.05, 0.1) is 19.3 Å². The lowest BCUT2D eigenvalue weighted by Crippen LogP contribution is -2.28. The smallest absolute Gasteiger partial charge is 0.199 e. The van der Waals surface area contributed by atoms with Crippen LogP contribution in [0.1, 0.15) is 28.6 Å². The Morgan fingerprint density at radius 3 is 1.87 bits per heavy atom. The highest BCUT2D eigenvalue weighted by molar-refractivity contribution is 7.71. The van der Waals surface area contributed by atoms with E-state index < -0.39 is 0 Å². The minimum atomic E-state index is 0.119. The van der Waals surface area contributed by atoms with Gasteiger partial charge in [-0.1, -0.05) is 91.0 Å². The highest BCUT2D eigenvalue weighted by Crippen LogP contribution is 2.27. The summed E-state index contributed by atoms with van der Waals surface area (Å²) in [4.78, 5) is 2.29. The topological polar surface area (TPSA) is 26.0 Å². The van der Waals surface area contributed by atoms with Crippen LogP contribution >= 0.6 is 12.2 Å². The molecule has 1 aromatic heterocycles. The van der Waals surface area contributed by atoms with Gasteiger partial charge in [-0.05, 0) is 42.9 Å². The molecule has 0 amide bonds. The molecule has 30 heavy (non-hydrogen) atoms. The first-order valence-corrected chi connectivity index (χ1v) is 10.5. The second-order valence-electron chi connectivity index (χ2n) is 7.52. The van der Waals surface area contributed by atoms with Crippen LogP contribution in [0, 0.1) is 11.7 Å². The maximum Gasteiger partial charge on any atom is 0.199 e. The number of nitrogens with zero attached hydrogens (tertiary/aromatic N) is 4. The van der Waals surface area contributed by atoms with Crippen LogP contribution in [0.25, 0.3) is 0 Å². The van der Waals surface area contributed by atoms with E-state index in [1.54, 1.807) is 0 Å². The molecular weight excluding hydrogens is 388 g/mol. The van der Waals surface area contributed by atoms with Crippen molar-refractivity contribution in [3.63, 3.8) is 0 Å². The van der Waals surface area contributed by atoms with Gasteiger partial charge in [0.25, 0.3) is 0 Å². The Kier molecular flexibility index (Phi) is 6.21. The van der Waals surface area contributed by atoms with E-state index in [2.05, 4.69) is 101 Å². The van der Waals surface area contributed by atoms with E-state index in [0.717, 1.165) is 17.1 Å². The van der Waals surface area contributed by atoms with E-state index in [0.29, 0.717) is 6.67 Å². The van der Waals surface area contributed by atoms with E-state index >= 15 is 0 Å².